The zero-order valence-corrected chi connectivity index (χ0v) is 18.4. The van der Waals surface area contributed by atoms with E-state index in [-0.39, 0.29) is 21.8 Å². The van der Waals surface area contributed by atoms with Gasteiger partial charge in [-0.05, 0) is 31.2 Å². The summed E-state index contributed by atoms with van der Waals surface area (Å²) in [6.45, 7) is 5.04. The van der Waals surface area contributed by atoms with Crippen LogP contribution in [0, 0.1) is 0 Å². The molecule has 2 amide bonds. The van der Waals surface area contributed by atoms with Gasteiger partial charge in [0.1, 0.15) is 5.75 Å². The summed E-state index contributed by atoms with van der Waals surface area (Å²) in [5.74, 6) is -1.55. The van der Waals surface area contributed by atoms with E-state index in [0.29, 0.717) is 13.1 Å². The summed E-state index contributed by atoms with van der Waals surface area (Å²) in [7, 11) is -3.75. The number of nitrogens with zero attached hydrogens (tertiary/aromatic N) is 2. The van der Waals surface area contributed by atoms with Crippen molar-refractivity contribution in [1.29, 1.82) is 0 Å². The van der Waals surface area contributed by atoms with Crippen molar-refractivity contribution >= 4 is 27.6 Å². The first-order valence-electron chi connectivity index (χ1n) is 9.95. The molecule has 0 saturated carbocycles. The molecule has 3 rings (SSSR count). The molecule has 0 fully saturated rings. The van der Waals surface area contributed by atoms with Gasteiger partial charge < -0.3 is 4.74 Å². The molecule has 2 aromatic rings. The van der Waals surface area contributed by atoms with Gasteiger partial charge in [0.2, 0.25) is 10.0 Å². The smallest absolute Gasteiger partial charge is 0.270 e. The molecule has 31 heavy (non-hydrogen) atoms. The average molecular weight is 445 g/mol. The van der Waals surface area contributed by atoms with Crippen molar-refractivity contribution in [2.45, 2.75) is 31.8 Å². The SMILES string of the molecule is CCN(CC)S(=O)(=O)c1cccc(C(=O)CN2C(=O)c3ccccc3O[C@H](C)C2=O)c1. The first kappa shape index (κ1) is 22.6. The number of benzene rings is 2. The molecule has 164 valence electrons. The number of ketones is 1. The van der Waals surface area contributed by atoms with Crippen molar-refractivity contribution in [2.75, 3.05) is 19.6 Å². The molecule has 2 aromatic carbocycles. The van der Waals surface area contributed by atoms with Gasteiger partial charge in [-0.15, -0.1) is 0 Å². The fraction of sp³-hybridized carbons (Fsp3) is 0.318. The van der Waals surface area contributed by atoms with Crippen LogP contribution in [0.1, 0.15) is 41.5 Å². The summed E-state index contributed by atoms with van der Waals surface area (Å²) in [6, 6.07) is 12.1. The van der Waals surface area contributed by atoms with Crippen LogP contribution in [-0.2, 0) is 14.8 Å². The van der Waals surface area contributed by atoms with Gasteiger partial charge in [-0.25, -0.2) is 8.42 Å². The number of sulfonamides is 1. The van der Waals surface area contributed by atoms with Crippen LogP contribution >= 0.6 is 0 Å². The monoisotopic (exact) mass is 444 g/mol. The number of carbonyl (C=O) groups excluding carboxylic acids is 3. The third-order valence-electron chi connectivity index (χ3n) is 5.08. The second-order valence-electron chi connectivity index (χ2n) is 7.03. The molecule has 8 nitrogen and oxygen atoms in total. The summed E-state index contributed by atoms with van der Waals surface area (Å²) >= 11 is 0. The molecule has 1 aliphatic heterocycles. The predicted octanol–water partition coefficient (Wildman–Crippen LogP) is 2.35. The average Bonchev–Trinajstić information content (AvgIpc) is 2.85. The van der Waals surface area contributed by atoms with Gasteiger partial charge in [0.15, 0.2) is 11.9 Å². The minimum Gasteiger partial charge on any atom is -0.480 e. The van der Waals surface area contributed by atoms with Gasteiger partial charge in [-0.2, -0.15) is 4.31 Å². The Morgan fingerprint density at radius 2 is 1.74 bits per heavy atom. The van der Waals surface area contributed by atoms with Crippen LogP contribution in [0.5, 0.6) is 5.75 Å². The van der Waals surface area contributed by atoms with E-state index in [1.807, 2.05) is 0 Å². The highest BCUT2D eigenvalue weighted by atomic mass is 32.2. The number of carbonyl (C=O) groups is 3. The van der Waals surface area contributed by atoms with Gasteiger partial charge in [0, 0.05) is 18.7 Å². The molecule has 0 aliphatic carbocycles. The highest BCUT2D eigenvalue weighted by Gasteiger charge is 2.35. The second-order valence-corrected chi connectivity index (χ2v) is 8.96. The summed E-state index contributed by atoms with van der Waals surface area (Å²) < 4.78 is 32.4. The summed E-state index contributed by atoms with van der Waals surface area (Å²) in [6.07, 6.45) is -0.949. The van der Waals surface area contributed by atoms with Crippen molar-refractivity contribution in [3.05, 3.63) is 59.7 Å². The third kappa shape index (κ3) is 4.38. The molecule has 0 aromatic heterocycles. The minimum atomic E-state index is -3.75. The predicted molar refractivity (Wildman–Crippen MR) is 113 cm³/mol. The molecule has 0 unspecified atom stereocenters. The molecular weight excluding hydrogens is 420 g/mol. The number of amides is 2. The van der Waals surface area contributed by atoms with Crippen molar-refractivity contribution in [1.82, 2.24) is 9.21 Å². The summed E-state index contributed by atoms with van der Waals surface area (Å²) in [4.78, 5) is 39.4. The normalized spacial score (nSPS) is 16.6. The summed E-state index contributed by atoms with van der Waals surface area (Å²) in [5, 5.41) is 0. The van der Waals surface area contributed by atoms with E-state index in [4.69, 9.17) is 4.74 Å². The van der Waals surface area contributed by atoms with Crippen LogP contribution in [0.15, 0.2) is 53.4 Å². The summed E-state index contributed by atoms with van der Waals surface area (Å²) in [5.41, 5.74) is 0.283. The van der Waals surface area contributed by atoms with Crippen LogP contribution in [0.3, 0.4) is 0 Å². The molecule has 1 atom stereocenters. The van der Waals surface area contributed by atoms with E-state index in [1.165, 1.54) is 41.6 Å². The Labute approximate surface area is 181 Å². The van der Waals surface area contributed by atoms with Crippen molar-refractivity contribution < 1.29 is 27.5 Å². The zero-order chi connectivity index (χ0) is 22.8. The maximum atomic E-state index is 12.9. The number of imide groups is 1. The van der Waals surface area contributed by atoms with Gasteiger partial charge in [-0.1, -0.05) is 38.1 Å². The Hall–Kier alpha value is -3.04. The lowest BCUT2D eigenvalue weighted by atomic mass is 10.1. The van der Waals surface area contributed by atoms with E-state index >= 15 is 0 Å². The highest BCUT2D eigenvalue weighted by Crippen LogP contribution is 2.26. The fourth-order valence-electron chi connectivity index (χ4n) is 3.38. The molecule has 9 heteroatoms. The van der Waals surface area contributed by atoms with Crippen molar-refractivity contribution in [3.63, 3.8) is 0 Å². The quantitative estimate of drug-likeness (QED) is 0.480. The Balaban J connectivity index is 1.91. The standard InChI is InChI=1S/C22H24N2O6S/c1-4-23(5-2)31(28,29)17-10-8-9-16(13-17)19(25)14-24-21(26)15(3)30-20-12-7-6-11-18(20)22(24)27/h6-13,15H,4-5,14H2,1-3H3/t15-/m1/s1. The van der Waals surface area contributed by atoms with Crippen LogP contribution < -0.4 is 4.74 Å². The largest absolute Gasteiger partial charge is 0.480 e. The molecular formula is C22H24N2O6S. The Bertz CT molecular complexity index is 1120. The molecule has 0 saturated heterocycles. The van der Waals surface area contributed by atoms with Gasteiger partial charge >= 0.3 is 0 Å². The third-order valence-corrected chi connectivity index (χ3v) is 7.13. The number of para-hydroxylation sites is 1. The van der Waals surface area contributed by atoms with Gasteiger partial charge in [0.25, 0.3) is 11.8 Å². The lowest BCUT2D eigenvalue weighted by molar-refractivity contribution is -0.134. The second kappa shape index (κ2) is 8.99. The first-order valence-corrected chi connectivity index (χ1v) is 11.4. The maximum absolute atomic E-state index is 12.9. The van der Waals surface area contributed by atoms with Gasteiger partial charge in [-0.3, -0.25) is 19.3 Å². The molecule has 0 radical (unpaired) electrons. The number of fused-ring (bicyclic) bond motifs is 1. The number of hydrogen-bond donors (Lipinski definition) is 0. The van der Waals surface area contributed by atoms with E-state index in [0.717, 1.165) is 4.90 Å². The Morgan fingerprint density at radius 1 is 1.06 bits per heavy atom. The molecule has 1 heterocycles. The van der Waals surface area contributed by atoms with Crippen LogP contribution in [-0.4, -0.2) is 61.0 Å². The van der Waals surface area contributed by atoms with Crippen LogP contribution in [0.2, 0.25) is 0 Å². The van der Waals surface area contributed by atoms with E-state index < -0.39 is 40.3 Å². The Morgan fingerprint density at radius 3 is 2.42 bits per heavy atom. The minimum absolute atomic E-state index is 0.0161. The van der Waals surface area contributed by atoms with E-state index in [1.54, 1.807) is 32.0 Å². The lowest BCUT2D eigenvalue weighted by Crippen LogP contribution is -2.44. The van der Waals surface area contributed by atoms with E-state index in [9.17, 15) is 22.8 Å². The van der Waals surface area contributed by atoms with Crippen LogP contribution in [0.4, 0.5) is 0 Å². The zero-order valence-electron chi connectivity index (χ0n) is 17.6. The highest BCUT2D eigenvalue weighted by molar-refractivity contribution is 7.89. The molecule has 0 N–H and O–H groups in total. The Kier molecular flexibility index (Phi) is 6.56. The fourth-order valence-corrected chi connectivity index (χ4v) is 4.88. The lowest BCUT2D eigenvalue weighted by Gasteiger charge is -2.20. The maximum Gasteiger partial charge on any atom is 0.270 e. The molecule has 0 bridgehead atoms. The van der Waals surface area contributed by atoms with E-state index in [2.05, 4.69) is 0 Å². The number of rotatable bonds is 7. The molecule has 1 aliphatic rings. The van der Waals surface area contributed by atoms with Crippen molar-refractivity contribution in [3.8, 4) is 5.75 Å². The van der Waals surface area contributed by atoms with Gasteiger partial charge in [0.05, 0.1) is 17.0 Å². The number of Topliss-reactive ketones (excluding diaryl/α,β-unsaturated/α-hetero) is 1. The van der Waals surface area contributed by atoms with Crippen molar-refractivity contribution in [2.24, 2.45) is 0 Å². The first-order chi connectivity index (χ1) is 14.7. The number of hydrogen-bond acceptors (Lipinski definition) is 6. The topological polar surface area (TPSA) is 101 Å². The molecule has 0 spiro atoms. The number of ether oxygens (including phenoxy) is 1. The van der Waals surface area contributed by atoms with Crippen LogP contribution in [0.25, 0.3) is 0 Å².